The van der Waals surface area contributed by atoms with E-state index in [0.29, 0.717) is 0 Å². The lowest BCUT2D eigenvalue weighted by Gasteiger charge is -1.84. The van der Waals surface area contributed by atoms with Crippen LogP contribution in [0, 0.1) is 0 Å². The van der Waals surface area contributed by atoms with Gasteiger partial charge in [-0.25, -0.2) is 0 Å². The molecule has 0 unspecified atom stereocenters. The molecule has 0 saturated carbocycles. The van der Waals surface area contributed by atoms with Gasteiger partial charge in [-0.2, -0.15) is 9.78 Å². The third kappa shape index (κ3) is 0.962. The van der Waals surface area contributed by atoms with E-state index >= 15 is 0 Å². The van der Waals surface area contributed by atoms with Crippen LogP contribution in [0.25, 0.3) is 0 Å². The highest BCUT2D eigenvalue weighted by atomic mass is 32.2. The summed E-state index contributed by atoms with van der Waals surface area (Å²) in [6.07, 6.45) is 5.44. The molecule has 0 aromatic carbocycles. The summed E-state index contributed by atoms with van der Waals surface area (Å²) >= 11 is 1.48. The molecule has 0 aromatic heterocycles. The average molecular weight is 143 g/mol. The van der Waals surface area contributed by atoms with Crippen molar-refractivity contribution in [3.8, 4) is 0 Å². The van der Waals surface area contributed by atoms with E-state index in [-0.39, 0.29) is 0 Å². The molecule has 3 nitrogen and oxygen atoms in total. The predicted molar refractivity (Wildman–Crippen MR) is 33.9 cm³/mol. The molecule has 0 bridgehead atoms. The maximum atomic E-state index is 4.69. The second-order valence-electron chi connectivity index (χ2n) is 1.76. The molecule has 2 aliphatic heterocycles. The first-order valence-corrected chi connectivity index (χ1v) is 3.43. The molecule has 2 heterocycles. The van der Waals surface area contributed by atoms with Crippen LogP contribution in [0.5, 0.6) is 0 Å². The highest BCUT2D eigenvalue weighted by molar-refractivity contribution is 8.00. The smallest absolute Gasteiger partial charge is 0.273 e. The van der Waals surface area contributed by atoms with Crippen LogP contribution in [0.1, 0.15) is 0 Å². The van der Waals surface area contributed by atoms with Crippen molar-refractivity contribution in [2.24, 2.45) is 0 Å². The number of rotatable bonds is 0. The standard InChI is InChI=1S/C5H5NO2S/c1-3-6-9-4-2-5(1)7-8-5/h1-4,6H. The highest BCUT2D eigenvalue weighted by Crippen LogP contribution is 2.34. The van der Waals surface area contributed by atoms with E-state index in [4.69, 9.17) is 0 Å². The zero-order valence-electron chi connectivity index (χ0n) is 4.53. The van der Waals surface area contributed by atoms with Crippen LogP contribution < -0.4 is 4.72 Å². The van der Waals surface area contributed by atoms with Crippen molar-refractivity contribution < 1.29 is 9.78 Å². The molecule has 2 rings (SSSR count). The van der Waals surface area contributed by atoms with Gasteiger partial charge in [0.1, 0.15) is 0 Å². The summed E-state index contributed by atoms with van der Waals surface area (Å²) in [4.78, 5) is 9.38. The van der Waals surface area contributed by atoms with Crippen molar-refractivity contribution in [2.75, 3.05) is 0 Å². The van der Waals surface area contributed by atoms with Crippen molar-refractivity contribution in [3.05, 3.63) is 23.8 Å². The van der Waals surface area contributed by atoms with Gasteiger partial charge in [0.2, 0.25) is 0 Å². The van der Waals surface area contributed by atoms with Crippen LogP contribution in [0.15, 0.2) is 23.8 Å². The molecule has 0 atom stereocenters. The number of hydrogen-bond acceptors (Lipinski definition) is 4. The molecule has 0 amide bonds. The number of nitrogens with one attached hydrogen (secondary N) is 1. The summed E-state index contributed by atoms with van der Waals surface area (Å²) in [7, 11) is 0. The van der Waals surface area contributed by atoms with Gasteiger partial charge in [-0.05, 0) is 23.4 Å². The Morgan fingerprint density at radius 3 is 3.00 bits per heavy atom. The SMILES string of the molecule is C1=CC2(C=CSN1)OO2. The molecule has 4 heteroatoms. The minimum Gasteiger partial charge on any atom is -0.333 e. The third-order valence-corrected chi connectivity index (χ3v) is 1.64. The fourth-order valence-corrected chi connectivity index (χ4v) is 1.06. The summed E-state index contributed by atoms with van der Waals surface area (Å²) < 4.78 is 2.93. The summed E-state index contributed by atoms with van der Waals surface area (Å²) in [5.74, 6) is -0.531. The van der Waals surface area contributed by atoms with Gasteiger partial charge in [-0.15, -0.1) is 0 Å². The molecule has 1 spiro atoms. The second kappa shape index (κ2) is 1.76. The molecule has 0 aromatic rings. The Morgan fingerprint density at radius 1 is 1.33 bits per heavy atom. The van der Waals surface area contributed by atoms with Gasteiger partial charge in [0.15, 0.2) is 0 Å². The van der Waals surface area contributed by atoms with Crippen molar-refractivity contribution in [2.45, 2.75) is 5.79 Å². The Labute approximate surface area is 56.8 Å². The van der Waals surface area contributed by atoms with Gasteiger partial charge in [-0.3, -0.25) is 0 Å². The summed E-state index contributed by atoms with van der Waals surface area (Å²) in [6.45, 7) is 0. The molecule has 9 heavy (non-hydrogen) atoms. The lowest BCUT2D eigenvalue weighted by Crippen LogP contribution is -1.98. The fraction of sp³-hybridized carbons (Fsp3) is 0.200. The lowest BCUT2D eigenvalue weighted by molar-refractivity contribution is 0.0850. The van der Waals surface area contributed by atoms with E-state index in [1.165, 1.54) is 11.9 Å². The molecule has 0 aliphatic carbocycles. The number of hydrogen-bond donors (Lipinski definition) is 1. The minimum atomic E-state index is -0.531. The Bertz CT molecular complexity index is 158. The molecular formula is C5H5NO2S. The van der Waals surface area contributed by atoms with Crippen molar-refractivity contribution >= 4 is 11.9 Å². The minimum absolute atomic E-state index is 0.531. The Morgan fingerprint density at radius 2 is 2.22 bits per heavy atom. The van der Waals surface area contributed by atoms with Gasteiger partial charge in [0.05, 0.1) is 0 Å². The van der Waals surface area contributed by atoms with Crippen molar-refractivity contribution in [3.63, 3.8) is 0 Å². The topological polar surface area (TPSA) is 37.1 Å². The van der Waals surface area contributed by atoms with E-state index in [9.17, 15) is 0 Å². The van der Waals surface area contributed by atoms with E-state index in [0.717, 1.165) is 0 Å². The van der Waals surface area contributed by atoms with Gasteiger partial charge in [0.25, 0.3) is 5.79 Å². The lowest BCUT2D eigenvalue weighted by atomic mass is 10.3. The molecule has 1 saturated heterocycles. The van der Waals surface area contributed by atoms with Gasteiger partial charge in [0, 0.05) is 12.3 Å². The van der Waals surface area contributed by atoms with E-state index in [2.05, 4.69) is 14.5 Å². The Hall–Kier alpha value is -0.450. The van der Waals surface area contributed by atoms with Crippen LogP contribution in [-0.4, -0.2) is 5.79 Å². The van der Waals surface area contributed by atoms with Crippen LogP contribution in [0.3, 0.4) is 0 Å². The average Bonchev–Trinajstić information content (AvgIpc) is 2.64. The monoisotopic (exact) mass is 143 g/mol. The Balaban J connectivity index is 2.20. The third-order valence-electron chi connectivity index (χ3n) is 1.10. The molecule has 1 fully saturated rings. The van der Waals surface area contributed by atoms with E-state index in [1.54, 1.807) is 6.20 Å². The van der Waals surface area contributed by atoms with Crippen LogP contribution in [0.4, 0.5) is 0 Å². The zero-order valence-corrected chi connectivity index (χ0v) is 5.35. The van der Waals surface area contributed by atoms with E-state index < -0.39 is 5.79 Å². The van der Waals surface area contributed by atoms with E-state index in [1.807, 2.05) is 17.6 Å². The van der Waals surface area contributed by atoms with Gasteiger partial charge >= 0.3 is 0 Å². The molecule has 48 valence electrons. The Kier molecular flexibility index (Phi) is 1.05. The molecule has 1 N–H and O–H groups in total. The molecule has 2 aliphatic rings. The largest absolute Gasteiger partial charge is 0.333 e. The summed E-state index contributed by atoms with van der Waals surface area (Å²) in [6, 6.07) is 0. The van der Waals surface area contributed by atoms with Crippen LogP contribution in [-0.2, 0) is 9.78 Å². The quantitative estimate of drug-likeness (QED) is 0.311. The first-order chi connectivity index (χ1) is 4.41. The summed E-state index contributed by atoms with van der Waals surface area (Å²) in [5.41, 5.74) is 0. The highest BCUT2D eigenvalue weighted by Gasteiger charge is 2.44. The normalized spacial score (nSPS) is 27.6. The second-order valence-corrected chi connectivity index (χ2v) is 2.50. The van der Waals surface area contributed by atoms with Gasteiger partial charge in [-0.1, -0.05) is 0 Å². The summed E-state index contributed by atoms with van der Waals surface area (Å²) in [5, 5.41) is 1.88. The first-order valence-electron chi connectivity index (χ1n) is 2.55. The maximum Gasteiger partial charge on any atom is 0.273 e. The zero-order chi connectivity index (χ0) is 6.16. The molecule has 0 radical (unpaired) electrons. The maximum absolute atomic E-state index is 4.69. The molecular weight excluding hydrogens is 138 g/mol. The van der Waals surface area contributed by atoms with Crippen molar-refractivity contribution in [1.29, 1.82) is 0 Å². The fourth-order valence-electron chi connectivity index (χ4n) is 0.572. The van der Waals surface area contributed by atoms with Crippen molar-refractivity contribution in [1.82, 2.24) is 4.72 Å². The van der Waals surface area contributed by atoms with Crippen LogP contribution in [0.2, 0.25) is 0 Å². The predicted octanol–water partition coefficient (Wildman–Crippen LogP) is 0.923. The van der Waals surface area contributed by atoms with Gasteiger partial charge < -0.3 is 4.72 Å². The van der Waals surface area contributed by atoms with Crippen LogP contribution >= 0.6 is 11.9 Å². The first kappa shape index (κ1) is 5.34.